The molecule has 1 aromatic carbocycles. The molecule has 0 bridgehead atoms. The molecule has 1 aromatic rings. The Labute approximate surface area is 117 Å². The predicted octanol–water partition coefficient (Wildman–Crippen LogP) is 3.35. The van der Waals surface area contributed by atoms with Crippen LogP contribution in [0.2, 0.25) is 0 Å². The van der Waals surface area contributed by atoms with Gasteiger partial charge in [0.2, 0.25) is 0 Å². The average molecular weight is 286 g/mol. The predicted molar refractivity (Wildman–Crippen MR) is 72.8 cm³/mol. The quantitative estimate of drug-likeness (QED) is 0.642. The molecule has 1 N–H and O–H groups in total. The van der Waals surface area contributed by atoms with Gasteiger partial charge in [-0.2, -0.15) is 0 Å². The number of benzene rings is 1. The molecule has 1 aliphatic rings. The second-order valence-corrected chi connectivity index (χ2v) is 4.69. The average Bonchev–Trinajstić information content (AvgIpc) is 2.91. The Morgan fingerprint density at radius 2 is 2.47 bits per heavy atom. The van der Waals surface area contributed by atoms with Crippen molar-refractivity contribution in [2.75, 3.05) is 13.2 Å². The van der Waals surface area contributed by atoms with Gasteiger partial charge in [-0.1, -0.05) is 6.08 Å². The Hall–Kier alpha value is -1.10. The van der Waals surface area contributed by atoms with Gasteiger partial charge in [-0.15, -0.1) is 6.58 Å². The molecule has 1 aliphatic heterocycles. The van der Waals surface area contributed by atoms with Crippen molar-refractivity contribution < 1.29 is 13.9 Å². The first kappa shape index (κ1) is 14.3. The SMILES string of the molecule is C=CC[C@@H](NCl)c1cc(F)ccc1OC1CCOC1. The summed E-state index contributed by atoms with van der Waals surface area (Å²) in [6.45, 7) is 4.94. The maximum Gasteiger partial charge on any atom is 0.124 e. The molecule has 0 saturated carbocycles. The van der Waals surface area contributed by atoms with Gasteiger partial charge in [-0.05, 0) is 36.4 Å². The highest BCUT2D eigenvalue weighted by molar-refractivity contribution is 6.13. The molecular formula is C14H17ClFNO2. The Kier molecular flexibility index (Phi) is 5.19. The molecule has 0 aliphatic carbocycles. The monoisotopic (exact) mass is 285 g/mol. The van der Waals surface area contributed by atoms with Gasteiger partial charge >= 0.3 is 0 Å². The first-order valence-corrected chi connectivity index (χ1v) is 6.63. The van der Waals surface area contributed by atoms with E-state index in [4.69, 9.17) is 21.3 Å². The summed E-state index contributed by atoms with van der Waals surface area (Å²) in [5.41, 5.74) is 0.696. The van der Waals surface area contributed by atoms with Crippen LogP contribution in [-0.2, 0) is 4.74 Å². The summed E-state index contributed by atoms with van der Waals surface area (Å²) in [6.07, 6.45) is 3.18. The van der Waals surface area contributed by atoms with E-state index in [-0.39, 0.29) is 18.0 Å². The molecule has 5 heteroatoms. The van der Waals surface area contributed by atoms with E-state index >= 15 is 0 Å². The summed E-state index contributed by atoms with van der Waals surface area (Å²) in [5, 5.41) is 0. The van der Waals surface area contributed by atoms with Crippen molar-refractivity contribution in [1.29, 1.82) is 0 Å². The van der Waals surface area contributed by atoms with Crippen molar-refractivity contribution in [3.8, 4) is 5.75 Å². The molecule has 1 heterocycles. The Bertz CT molecular complexity index is 435. The highest BCUT2D eigenvalue weighted by Gasteiger charge is 2.21. The molecule has 104 valence electrons. The molecule has 0 aromatic heterocycles. The van der Waals surface area contributed by atoms with Crippen LogP contribution in [0.1, 0.15) is 24.4 Å². The van der Waals surface area contributed by atoms with Gasteiger partial charge in [0, 0.05) is 12.0 Å². The van der Waals surface area contributed by atoms with Gasteiger partial charge in [-0.3, -0.25) is 0 Å². The van der Waals surface area contributed by atoms with Crippen LogP contribution in [0.4, 0.5) is 4.39 Å². The lowest BCUT2D eigenvalue weighted by Crippen LogP contribution is -2.19. The Morgan fingerprint density at radius 3 is 3.11 bits per heavy atom. The van der Waals surface area contributed by atoms with Gasteiger partial charge < -0.3 is 9.47 Å². The third-order valence-electron chi connectivity index (χ3n) is 3.06. The molecular weight excluding hydrogens is 269 g/mol. The first-order valence-electron chi connectivity index (χ1n) is 6.25. The summed E-state index contributed by atoms with van der Waals surface area (Å²) in [7, 11) is 0. The molecule has 19 heavy (non-hydrogen) atoms. The largest absolute Gasteiger partial charge is 0.488 e. The van der Waals surface area contributed by atoms with Crippen LogP contribution in [0.5, 0.6) is 5.75 Å². The zero-order chi connectivity index (χ0) is 13.7. The Morgan fingerprint density at radius 1 is 1.63 bits per heavy atom. The number of hydrogen-bond acceptors (Lipinski definition) is 3. The molecule has 1 unspecified atom stereocenters. The highest BCUT2D eigenvalue weighted by Crippen LogP contribution is 2.30. The van der Waals surface area contributed by atoms with Gasteiger partial charge in [0.25, 0.3) is 0 Å². The van der Waals surface area contributed by atoms with Crippen LogP contribution < -0.4 is 9.57 Å². The van der Waals surface area contributed by atoms with Crippen LogP contribution in [-0.4, -0.2) is 19.3 Å². The minimum absolute atomic E-state index is 0.0175. The molecule has 1 fully saturated rings. The number of rotatable bonds is 6. The van der Waals surface area contributed by atoms with E-state index in [1.165, 1.54) is 12.1 Å². The molecule has 0 radical (unpaired) electrons. The third-order valence-corrected chi connectivity index (χ3v) is 3.33. The topological polar surface area (TPSA) is 30.5 Å². The zero-order valence-corrected chi connectivity index (χ0v) is 11.3. The summed E-state index contributed by atoms with van der Waals surface area (Å²) in [5.74, 6) is 0.322. The van der Waals surface area contributed by atoms with Crippen molar-refractivity contribution in [2.45, 2.75) is 25.0 Å². The summed E-state index contributed by atoms with van der Waals surface area (Å²) < 4.78 is 24.6. The fraction of sp³-hybridized carbons (Fsp3) is 0.429. The summed E-state index contributed by atoms with van der Waals surface area (Å²) >= 11 is 5.72. The van der Waals surface area contributed by atoms with Crippen molar-refractivity contribution in [1.82, 2.24) is 4.84 Å². The summed E-state index contributed by atoms with van der Waals surface area (Å²) in [6, 6.07) is 4.22. The number of halogens is 2. The molecule has 2 atom stereocenters. The Balaban J connectivity index is 2.22. The first-order chi connectivity index (χ1) is 9.24. The minimum atomic E-state index is -0.314. The van der Waals surface area contributed by atoms with Gasteiger partial charge in [0.15, 0.2) is 0 Å². The van der Waals surface area contributed by atoms with Gasteiger partial charge in [0.1, 0.15) is 17.7 Å². The molecule has 3 nitrogen and oxygen atoms in total. The van der Waals surface area contributed by atoms with Crippen LogP contribution in [0.25, 0.3) is 0 Å². The zero-order valence-electron chi connectivity index (χ0n) is 10.6. The maximum absolute atomic E-state index is 13.4. The summed E-state index contributed by atoms with van der Waals surface area (Å²) in [4.78, 5) is 2.63. The van der Waals surface area contributed by atoms with Crippen LogP contribution in [0.3, 0.4) is 0 Å². The number of hydrogen-bond donors (Lipinski definition) is 1. The number of ether oxygens (including phenoxy) is 2. The molecule has 1 saturated heterocycles. The maximum atomic E-state index is 13.4. The standard InChI is InChI=1S/C14H17ClFNO2/c1-2-3-13(17-15)12-8-10(16)4-5-14(12)19-11-6-7-18-9-11/h2,4-5,8,11,13,17H,1,3,6-7,9H2/t11?,13-/m1/s1. The lowest BCUT2D eigenvalue weighted by Gasteiger charge is -2.20. The number of nitrogens with one attached hydrogen (secondary N) is 1. The van der Waals surface area contributed by atoms with Crippen molar-refractivity contribution in [3.63, 3.8) is 0 Å². The lowest BCUT2D eigenvalue weighted by molar-refractivity contribution is 0.140. The second kappa shape index (κ2) is 6.89. The molecule has 0 amide bonds. The second-order valence-electron chi connectivity index (χ2n) is 4.47. The van der Waals surface area contributed by atoms with E-state index in [1.807, 2.05) is 0 Å². The van der Waals surface area contributed by atoms with Gasteiger partial charge in [0.05, 0.1) is 19.3 Å². The fourth-order valence-corrected chi connectivity index (χ4v) is 2.29. The normalized spacial score (nSPS) is 20.2. The van der Waals surface area contributed by atoms with E-state index in [0.717, 1.165) is 6.42 Å². The van der Waals surface area contributed by atoms with E-state index < -0.39 is 0 Å². The highest BCUT2D eigenvalue weighted by atomic mass is 35.5. The van der Waals surface area contributed by atoms with E-state index in [2.05, 4.69) is 11.4 Å². The minimum Gasteiger partial charge on any atom is -0.488 e. The van der Waals surface area contributed by atoms with Crippen molar-refractivity contribution in [2.24, 2.45) is 0 Å². The molecule has 2 rings (SSSR count). The smallest absolute Gasteiger partial charge is 0.124 e. The lowest BCUT2D eigenvalue weighted by atomic mass is 10.0. The van der Waals surface area contributed by atoms with Crippen LogP contribution in [0, 0.1) is 5.82 Å². The fourth-order valence-electron chi connectivity index (χ4n) is 2.08. The van der Waals surface area contributed by atoms with Crippen LogP contribution in [0.15, 0.2) is 30.9 Å². The van der Waals surface area contributed by atoms with E-state index in [9.17, 15) is 4.39 Å². The van der Waals surface area contributed by atoms with Crippen LogP contribution >= 0.6 is 11.8 Å². The molecule has 0 spiro atoms. The van der Waals surface area contributed by atoms with E-state index in [1.54, 1.807) is 12.1 Å². The van der Waals surface area contributed by atoms with Gasteiger partial charge in [-0.25, -0.2) is 9.23 Å². The third kappa shape index (κ3) is 3.69. The van der Waals surface area contributed by atoms with E-state index in [0.29, 0.717) is 30.9 Å². The van der Waals surface area contributed by atoms with Crippen molar-refractivity contribution in [3.05, 3.63) is 42.2 Å². The van der Waals surface area contributed by atoms with Crippen molar-refractivity contribution >= 4 is 11.8 Å².